The van der Waals surface area contributed by atoms with E-state index in [0.29, 0.717) is 42.2 Å². The number of nitrogens with zero attached hydrogens (tertiary/aromatic N) is 1. The molecule has 1 aliphatic rings. The molecular formula is C28H31NO7. The Morgan fingerprint density at radius 3 is 2.25 bits per heavy atom. The molecule has 1 atom stereocenters. The minimum Gasteiger partial charge on any atom is -0.504 e. The Morgan fingerprint density at radius 2 is 1.64 bits per heavy atom. The molecule has 2 N–H and O–H groups in total. The number of hydrogen-bond acceptors (Lipinski definition) is 7. The largest absolute Gasteiger partial charge is 0.504 e. The molecule has 1 amide bonds. The van der Waals surface area contributed by atoms with Gasteiger partial charge < -0.3 is 34.1 Å². The molecule has 0 bridgehead atoms. The maximum atomic E-state index is 13.3. The Balaban J connectivity index is 1.72. The van der Waals surface area contributed by atoms with Crippen LogP contribution in [0.1, 0.15) is 33.9 Å². The fourth-order valence-corrected chi connectivity index (χ4v) is 4.76. The van der Waals surface area contributed by atoms with Gasteiger partial charge in [-0.05, 0) is 65.8 Å². The normalized spacial score (nSPS) is 14.7. The van der Waals surface area contributed by atoms with Crippen LogP contribution in [0.5, 0.6) is 28.7 Å². The molecule has 1 heterocycles. The van der Waals surface area contributed by atoms with E-state index in [-0.39, 0.29) is 18.1 Å². The van der Waals surface area contributed by atoms with Gasteiger partial charge in [0, 0.05) is 6.54 Å². The molecule has 0 fully saturated rings. The van der Waals surface area contributed by atoms with Gasteiger partial charge in [0.1, 0.15) is 6.61 Å². The second-order valence-corrected chi connectivity index (χ2v) is 8.67. The van der Waals surface area contributed by atoms with Gasteiger partial charge in [0.15, 0.2) is 23.0 Å². The zero-order chi connectivity index (χ0) is 25.8. The van der Waals surface area contributed by atoms with E-state index in [1.807, 2.05) is 42.5 Å². The number of phenolic OH excluding ortho intramolecular Hbond substituents is 2. The lowest BCUT2D eigenvalue weighted by molar-refractivity contribution is 0.0767. The number of rotatable bonds is 7. The fourth-order valence-electron chi connectivity index (χ4n) is 4.76. The molecule has 3 aromatic rings. The number of benzene rings is 3. The highest BCUT2D eigenvalue weighted by Gasteiger charge is 2.34. The number of aromatic hydroxyl groups is 2. The molecule has 0 spiro atoms. The highest BCUT2D eigenvalue weighted by molar-refractivity contribution is 5.70. The van der Waals surface area contributed by atoms with Crippen LogP contribution >= 0.6 is 0 Å². The number of fused-ring (bicyclic) bond motifs is 1. The molecule has 4 rings (SSSR count). The van der Waals surface area contributed by atoms with Crippen molar-refractivity contribution in [1.29, 1.82) is 0 Å². The highest BCUT2D eigenvalue weighted by Crippen LogP contribution is 2.44. The molecule has 0 saturated carbocycles. The van der Waals surface area contributed by atoms with Crippen LogP contribution in [-0.2, 0) is 24.2 Å². The number of carbonyl (C=O) groups is 1. The monoisotopic (exact) mass is 493 g/mol. The van der Waals surface area contributed by atoms with Gasteiger partial charge in [-0.1, -0.05) is 30.3 Å². The first kappa shape index (κ1) is 25.0. The minimum absolute atomic E-state index is 0.139. The van der Waals surface area contributed by atoms with Crippen molar-refractivity contribution in [3.63, 3.8) is 0 Å². The third-order valence-corrected chi connectivity index (χ3v) is 6.62. The zero-order valence-electron chi connectivity index (χ0n) is 20.9. The summed E-state index contributed by atoms with van der Waals surface area (Å²) >= 11 is 0. The first-order valence-electron chi connectivity index (χ1n) is 11.7. The minimum atomic E-state index is -0.454. The Labute approximate surface area is 210 Å². The molecule has 8 nitrogen and oxygen atoms in total. The van der Waals surface area contributed by atoms with Crippen LogP contribution in [0.15, 0.2) is 48.5 Å². The van der Waals surface area contributed by atoms with Crippen molar-refractivity contribution in [1.82, 2.24) is 4.90 Å². The predicted molar refractivity (Wildman–Crippen MR) is 134 cm³/mol. The third-order valence-electron chi connectivity index (χ3n) is 6.62. The highest BCUT2D eigenvalue weighted by atomic mass is 16.6. The summed E-state index contributed by atoms with van der Waals surface area (Å²) in [5, 5.41) is 20.7. The summed E-state index contributed by atoms with van der Waals surface area (Å²) in [4.78, 5) is 15.0. The first-order valence-corrected chi connectivity index (χ1v) is 11.7. The molecule has 190 valence electrons. The zero-order valence-corrected chi connectivity index (χ0v) is 20.9. The second-order valence-electron chi connectivity index (χ2n) is 8.67. The summed E-state index contributed by atoms with van der Waals surface area (Å²) in [7, 11) is 4.64. The molecule has 0 aromatic heterocycles. The van der Waals surface area contributed by atoms with E-state index in [1.165, 1.54) is 6.07 Å². The van der Waals surface area contributed by atoms with Crippen LogP contribution in [0, 0.1) is 6.92 Å². The average Bonchev–Trinajstić information content (AvgIpc) is 2.90. The number of carbonyl (C=O) groups excluding carboxylic acids is 1. The molecule has 0 aliphatic carbocycles. The smallest absolute Gasteiger partial charge is 0.410 e. The summed E-state index contributed by atoms with van der Waals surface area (Å²) in [5.74, 6) is 1.13. The van der Waals surface area contributed by atoms with Crippen molar-refractivity contribution in [2.24, 2.45) is 0 Å². The van der Waals surface area contributed by atoms with Crippen molar-refractivity contribution in [3.8, 4) is 28.7 Å². The Bertz CT molecular complexity index is 1220. The van der Waals surface area contributed by atoms with E-state index in [9.17, 15) is 15.0 Å². The molecular weight excluding hydrogens is 462 g/mol. The molecule has 3 aromatic carbocycles. The number of amides is 1. The maximum Gasteiger partial charge on any atom is 0.410 e. The Morgan fingerprint density at radius 1 is 0.972 bits per heavy atom. The molecule has 1 unspecified atom stereocenters. The Hall–Kier alpha value is -4.07. The lowest BCUT2D eigenvalue weighted by Gasteiger charge is -2.37. The van der Waals surface area contributed by atoms with Crippen LogP contribution in [0.25, 0.3) is 0 Å². The maximum absolute atomic E-state index is 13.3. The third kappa shape index (κ3) is 4.84. The van der Waals surface area contributed by atoms with Gasteiger partial charge in [-0.25, -0.2) is 4.79 Å². The van der Waals surface area contributed by atoms with Crippen molar-refractivity contribution in [2.75, 3.05) is 27.9 Å². The standard InChI is InChI=1S/C28H31NO7/c1-17-20-10-11-29(28(32)36-16-18-8-6-5-7-9-18)22(21(20)15-23(30)26(17)31)12-19-13-24(33-2)27(35-4)25(14-19)34-3/h5-9,13-15,22,30-31H,10-12,16H2,1-4H3. The number of ether oxygens (including phenoxy) is 4. The van der Waals surface area contributed by atoms with Crippen molar-refractivity contribution in [2.45, 2.75) is 32.4 Å². The Kier molecular flexibility index (Phi) is 7.43. The van der Waals surface area contributed by atoms with Crippen LogP contribution in [0.2, 0.25) is 0 Å². The molecule has 8 heteroatoms. The summed E-state index contributed by atoms with van der Waals surface area (Å²) in [6, 6.07) is 14.3. The SMILES string of the molecule is COc1cc(CC2c3cc(O)c(O)c(C)c3CCN2C(=O)OCc2ccccc2)cc(OC)c1OC. The van der Waals surface area contributed by atoms with E-state index in [0.717, 1.165) is 22.3 Å². The van der Waals surface area contributed by atoms with Gasteiger partial charge in [-0.15, -0.1) is 0 Å². The number of methoxy groups -OCH3 is 3. The van der Waals surface area contributed by atoms with E-state index in [4.69, 9.17) is 18.9 Å². The van der Waals surface area contributed by atoms with Crippen molar-refractivity contribution < 1.29 is 34.0 Å². The molecule has 0 radical (unpaired) electrons. The van der Waals surface area contributed by atoms with E-state index >= 15 is 0 Å². The quantitative estimate of drug-likeness (QED) is 0.451. The fraction of sp³-hybridized carbons (Fsp3) is 0.321. The number of hydrogen-bond donors (Lipinski definition) is 2. The number of phenols is 2. The summed E-state index contributed by atoms with van der Waals surface area (Å²) in [6.07, 6.45) is 0.474. The van der Waals surface area contributed by atoms with Crippen molar-refractivity contribution >= 4 is 6.09 Å². The van der Waals surface area contributed by atoms with E-state index in [2.05, 4.69) is 0 Å². The van der Waals surface area contributed by atoms with Gasteiger partial charge in [-0.3, -0.25) is 0 Å². The molecule has 1 aliphatic heterocycles. The second kappa shape index (κ2) is 10.7. The van der Waals surface area contributed by atoms with Gasteiger partial charge in [0.25, 0.3) is 0 Å². The van der Waals surface area contributed by atoms with Gasteiger partial charge >= 0.3 is 6.09 Å². The van der Waals surface area contributed by atoms with Gasteiger partial charge in [0.05, 0.1) is 27.4 Å². The average molecular weight is 494 g/mol. The van der Waals surface area contributed by atoms with E-state index < -0.39 is 12.1 Å². The lowest BCUT2D eigenvalue weighted by Crippen LogP contribution is -2.41. The van der Waals surface area contributed by atoms with E-state index in [1.54, 1.807) is 33.2 Å². The van der Waals surface area contributed by atoms with Crippen LogP contribution < -0.4 is 14.2 Å². The molecule has 36 heavy (non-hydrogen) atoms. The van der Waals surface area contributed by atoms with Crippen molar-refractivity contribution in [3.05, 3.63) is 76.3 Å². The van der Waals surface area contributed by atoms with Gasteiger partial charge in [-0.2, -0.15) is 0 Å². The summed E-state index contributed by atoms with van der Waals surface area (Å²) < 4.78 is 22.1. The van der Waals surface area contributed by atoms with Crippen LogP contribution in [0.3, 0.4) is 0 Å². The molecule has 0 saturated heterocycles. The van der Waals surface area contributed by atoms with Crippen LogP contribution in [-0.4, -0.2) is 49.1 Å². The summed E-state index contributed by atoms with van der Waals surface area (Å²) in [5.41, 5.74) is 4.02. The lowest BCUT2D eigenvalue weighted by atomic mass is 9.85. The van der Waals surface area contributed by atoms with Crippen LogP contribution in [0.4, 0.5) is 4.79 Å². The predicted octanol–water partition coefficient (Wildman–Crippen LogP) is 4.91. The first-order chi connectivity index (χ1) is 17.4. The topological polar surface area (TPSA) is 97.7 Å². The summed E-state index contributed by atoms with van der Waals surface area (Å²) in [6.45, 7) is 2.33. The van der Waals surface area contributed by atoms with Gasteiger partial charge in [0.2, 0.25) is 5.75 Å².